The Balaban J connectivity index is 1.63. The number of esters is 1. The fraction of sp³-hybridized carbons (Fsp3) is 0.375. The van der Waals surface area contributed by atoms with Gasteiger partial charge in [0.05, 0.1) is 20.5 Å². The fourth-order valence-corrected chi connectivity index (χ4v) is 3.47. The molecule has 0 N–H and O–H groups in total. The number of rotatable bonds is 8. The molecule has 2 aromatic rings. The maximum Gasteiger partial charge on any atom is 0.341 e. The summed E-state index contributed by atoms with van der Waals surface area (Å²) in [6, 6.07) is 15.8. The van der Waals surface area contributed by atoms with Crippen LogP contribution in [0.4, 0.5) is 0 Å². The number of carbonyl (C=O) groups excluding carboxylic acids is 1. The van der Waals surface area contributed by atoms with Gasteiger partial charge < -0.3 is 19.1 Å². The second kappa shape index (κ2) is 10.8. The van der Waals surface area contributed by atoms with Gasteiger partial charge in [-0.1, -0.05) is 36.4 Å². The molecule has 1 aliphatic heterocycles. The summed E-state index contributed by atoms with van der Waals surface area (Å²) in [6.45, 7) is 5.73. The lowest BCUT2D eigenvalue weighted by Crippen LogP contribution is -2.43. The second-order valence-corrected chi connectivity index (χ2v) is 7.43. The third-order valence-electron chi connectivity index (χ3n) is 5.27. The molecular formula is C24H30N2O4. The lowest BCUT2D eigenvalue weighted by atomic mass is 10.0. The van der Waals surface area contributed by atoms with Crippen LogP contribution in [0.25, 0.3) is 5.57 Å². The molecule has 0 unspecified atom stereocenters. The van der Waals surface area contributed by atoms with Crippen LogP contribution in [-0.4, -0.2) is 63.2 Å². The zero-order valence-corrected chi connectivity index (χ0v) is 18.0. The van der Waals surface area contributed by atoms with E-state index in [0.717, 1.165) is 49.6 Å². The highest BCUT2D eigenvalue weighted by molar-refractivity contribution is 6.16. The van der Waals surface area contributed by atoms with E-state index in [9.17, 15) is 4.79 Å². The molecule has 1 fully saturated rings. The van der Waals surface area contributed by atoms with Crippen molar-refractivity contribution in [2.24, 2.45) is 0 Å². The van der Waals surface area contributed by atoms with E-state index in [1.54, 1.807) is 0 Å². The summed E-state index contributed by atoms with van der Waals surface area (Å²) in [4.78, 5) is 17.0. The molecule has 160 valence electrons. The van der Waals surface area contributed by atoms with Crippen molar-refractivity contribution < 1.29 is 19.0 Å². The van der Waals surface area contributed by atoms with Crippen molar-refractivity contribution in [1.82, 2.24) is 9.80 Å². The molecule has 1 saturated heterocycles. The van der Waals surface area contributed by atoms with Gasteiger partial charge in [-0.15, -0.1) is 0 Å². The van der Waals surface area contributed by atoms with Crippen LogP contribution >= 0.6 is 0 Å². The molecule has 0 aromatic heterocycles. The summed E-state index contributed by atoms with van der Waals surface area (Å²) < 4.78 is 15.9. The van der Waals surface area contributed by atoms with E-state index in [1.165, 1.54) is 26.0 Å². The maximum atomic E-state index is 12.1. The predicted molar refractivity (Wildman–Crippen MR) is 117 cm³/mol. The Labute approximate surface area is 178 Å². The Bertz CT molecular complexity index is 856. The van der Waals surface area contributed by atoms with Crippen molar-refractivity contribution in [2.75, 3.05) is 47.4 Å². The van der Waals surface area contributed by atoms with Crippen LogP contribution in [0.15, 0.2) is 54.8 Å². The Morgan fingerprint density at radius 2 is 1.70 bits per heavy atom. The largest absolute Gasteiger partial charge is 0.503 e. The van der Waals surface area contributed by atoms with E-state index in [1.807, 2.05) is 36.4 Å². The number of benzene rings is 2. The molecule has 1 aliphatic rings. The molecule has 0 saturated carbocycles. The molecule has 0 amide bonds. The number of methoxy groups -OCH3 is 2. The van der Waals surface area contributed by atoms with Crippen molar-refractivity contribution in [3.05, 3.63) is 71.5 Å². The summed E-state index contributed by atoms with van der Waals surface area (Å²) in [6.07, 6.45) is 1.40. The highest BCUT2D eigenvalue weighted by atomic mass is 16.5. The lowest BCUT2D eigenvalue weighted by molar-refractivity contribution is -0.133. The smallest absolute Gasteiger partial charge is 0.341 e. The number of hydrogen-bond donors (Lipinski definition) is 0. The average Bonchev–Trinajstić information content (AvgIpc) is 2.78. The van der Waals surface area contributed by atoms with Crippen LogP contribution in [0.5, 0.6) is 5.75 Å². The minimum atomic E-state index is -0.447. The quantitative estimate of drug-likeness (QED) is 0.379. The van der Waals surface area contributed by atoms with Crippen molar-refractivity contribution in [3.8, 4) is 5.75 Å². The van der Waals surface area contributed by atoms with Gasteiger partial charge >= 0.3 is 5.97 Å². The van der Waals surface area contributed by atoms with E-state index >= 15 is 0 Å². The van der Waals surface area contributed by atoms with Gasteiger partial charge in [-0.05, 0) is 35.9 Å². The van der Waals surface area contributed by atoms with Crippen LogP contribution in [0.2, 0.25) is 0 Å². The van der Waals surface area contributed by atoms with E-state index in [4.69, 9.17) is 14.2 Å². The first-order chi connectivity index (χ1) is 14.6. The number of nitrogens with zero attached hydrogens (tertiary/aromatic N) is 2. The molecule has 6 heteroatoms. The van der Waals surface area contributed by atoms with Crippen LogP contribution in [0.3, 0.4) is 0 Å². The van der Waals surface area contributed by atoms with Gasteiger partial charge in [-0.3, -0.25) is 4.90 Å². The molecular weight excluding hydrogens is 380 g/mol. The molecule has 0 aliphatic carbocycles. The third-order valence-corrected chi connectivity index (χ3v) is 5.27. The number of ether oxygens (including phenoxy) is 3. The molecule has 30 heavy (non-hydrogen) atoms. The van der Waals surface area contributed by atoms with Crippen LogP contribution in [0.1, 0.15) is 16.7 Å². The van der Waals surface area contributed by atoms with Gasteiger partial charge in [0.15, 0.2) is 0 Å². The minimum absolute atomic E-state index is 0.339. The van der Waals surface area contributed by atoms with Crippen molar-refractivity contribution in [1.29, 1.82) is 0 Å². The third kappa shape index (κ3) is 5.84. The molecule has 3 rings (SSSR count). The fourth-order valence-electron chi connectivity index (χ4n) is 3.47. The van der Waals surface area contributed by atoms with Crippen LogP contribution < -0.4 is 4.74 Å². The highest BCUT2D eigenvalue weighted by Gasteiger charge is 2.17. The summed E-state index contributed by atoms with van der Waals surface area (Å²) in [7, 11) is 5.03. The summed E-state index contributed by atoms with van der Waals surface area (Å²) in [5, 5.41) is 0. The first kappa shape index (κ1) is 21.9. The van der Waals surface area contributed by atoms with Crippen LogP contribution in [0, 0.1) is 0 Å². The van der Waals surface area contributed by atoms with Crippen molar-refractivity contribution in [2.45, 2.75) is 13.2 Å². The summed E-state index contributed by atoms with van der Waals surface area (Å²) >= 11 is 0. The molecule has 0 atom stereocenters. The maximum absolute atomic E-state index is 12.1. The Morgan fingerprint density at radius 3 is 2.37 bits per heavy atom. The normalized spacial score (nSPS) is 15.6. The van der Waals surface area contributed by atoms with Crippen molar-refractivity contribution in [3.63, 3.8) is 0 Å². The molecule has 0 bridgehead atoms. The van der Waals surface area contributed by atoms with Crippen LogP contribution in [-0.2, 0) is 27.4 Å². The average molecular weight is 411 g/mol. The highest BCUT2D eigenvalue weighted by Crippen LogP contribution is 2.23. The van der Waals surface area contributed by atoms with E-state index < -0.39 is 5.97 Å². The first-order valence-electron chi connectivity index (χ1n) is 10.1. The standard InChI is InChI=1S/C24H30N2O4/c1-25-12-14-26(15-13-25)16-19-8-10-21(11-9-19)30-17-20-6-4-5-7-22(20)23(18-28-2)24(27)29-3/h4-11,18H,12-17H2,1-3H3/b23-18+. The lowest BCUT2D eigenvalue weighted by Gasteiger charge is -2.32. The first-order valence-corrected chi connectivity index (χ1v) is 10.1. The van der Waals surface area contributed by atoms with Crippen molar-refractivity contribution >= 4 is 11.5 Å². The zero-order valence-electron chi connectivity index (χ0n) is 18.0. The second-order valence-electron chi connectivity index (χ2n) is 7.43. The molecule has 0 radical (unpaired) electrons. The van der Waals surface area contributed by atoms with Gasteiger partial charge in [-0.2, -0.15) is 0 Å². The summed E-state index contributed by atoms with van der Waals surface area (Å²) in [5.74, 6) is 0.347. The number of likely N-dealkylation sites (N-methyl/N-ethyl adjacent to an activating group) is 1. The number of piperazine rings is 1. The summed E-state index contributed by atoms with van der Waals surface area (Å²) in [5.41, 5.74) is 3.26. The zero-order chi connectivity index (χ0) is 21.3. The Hall–Kier alpha value is -2.83. The van der Waals surface area contributed by atoms with Gasteiger partial charge in [0, 0.05) is 32.7 Å². The number of carbonyl (C=O) groups is 1. The monoisotopic (exact) mass is 410 g/mol. The molecule has 1 heterocycles. The van der Waals surface area contributed by atoms with Gasteiger partial charge in [-0.25, -0.2) is 4.79 Å². The van der Waals surface area contributed by atoms with Gasteiger partial charge in [0.25, 0.3) is 0 Å². The van der Waals surface area contributed by atoms with Gasteiger partial charge in [0.1, 0.15) is 17.9 Å². The molecule has 6 nitrogen and oxygen atoms in total. The Morgan fingerprint density at radius 1 is 1.00 bits per heavy atom. The van der Waals surface area contributed by atoms with E-state index in [0.29, 0.717) is 12.2 Å². The predicted octanol–water partition coefficient (Wildman–Crippen LogP) is 3.17. The topological polar surface area (TPSA) is 51.2 Å². The SMILES string of the molecule is CO/C=C(/C(=O)OC)c1ccccc1COc1ccc(CN2CCN(C)CC2)cc1. The molecule has 0 spiro atoms. The number of hydrogen-bond acceptors (Lipinski definition) is 6. The molecule has 2 aromatic carbocycles. The van der Waals surface area contributed by atoms with E-state index in [2.05, 4.69) is 29.0 Å². The van der Waals surface area contributed by atoms with Gasteiger partial charge in [0.2, 0.25) is 0 Å². The van der Waals surface area contributed by atoms with E-state index in [-0.39, 0.29) is 0 Å². The minimum Gasteiger partial charge on any atom is -0.503 e. The Kier molecular flexibility index (Phi) is 7.88.